The molecule has 0 fully saturated rings. The summed E-state index contributed by atoms with van der Waals surface area (Å²) in [6.45, 7) is 10.4. The van der Waals surface area contributed by atoms with Crippen LogP contribution in [0.2, 0.25) is 0 Å². The number of hydrogen-bond acceptors (Lipinski definition) is 0. The highest BCUT2D eigenvalue weighted by molar-refractivity contribution is 4.59. The van der Waals surface area contributed by atoms with E-state index in [1.165, 1.54) is 51.4 Å². The average molecular weight is 198 g/mol. The SMILES string of the molecule is CC[CH]CCCCC.[CH2]CCCCC. The van der Waals surface area contributed by atoms with Gasteiger partial charge in [-0.05, 0) is 6.42 Å². The Balaban J connectivity index is 0. The van der Waals surface area contributed by atoms with Crippen LogP contribution in [0.3, 0.4) is 0 Å². The molecule has 0 N–H and O–H groups in total. The standard InChI is InChI=1S/C8H17.C6H13/c1-3-5-7-8-6-4-2;1-3-5-6-4-2/h5H,3-4,6-8H2,1-2H3;1,3-6H2,2H3. The summed E-state index contributed by atoms with van der Waals surface area (Å²) in [6.07, 6.45) is 14.1. The molecule has 0 rings (SSSR count). The summed E-state index contributed by atoms with van der Waals surface area (Å²) >= 11 is 0. The third kappa shape index (κ3) is 22.7. The molecular weight excluding hydrogens is 168 g/mol. The first kappa shape index (κ1) is 16.4. The Morgan fingerprint density at radius 1 is 0.857 bits per heavy atom. The second-order valence-electron chi connectivity index (χ2n) is 3.75. The summed E-state index contributed by atoms with van der Waals surface area (Å²) in [5.41, 5.74) is 0. The van der Waals surface area contributed by atoms with Crippen LogP contribution in [0.4, 0.5) is 0 Å². The predicted octanol–water partition coefficient (Wildman–Crippen LogP) is 5.58. The van der Waals surface area contributed by atoms with Crippen molar-refractivity contribution in [2.24, 2.45) is 0 Å². The predicted molar refractivity (Wildman–Crippen MR) is 68.2 cm³/mol. The third-order valence-electron chi connectivity index (χ3n) is 2.15. The maximum absolute atomic E-state index is 3.72. The molecule has 0 spiro atoms. The van der Waals surface area contributed by atoms with Crippen molar-refractivity contribution >= 4 is 0 Å². The van der Waals surface area contributed by atoms with Crippen LogP contribution in [-0.4, -0.2) is 0 Å². The molecule has 0 aromatic rings. The fourth-order valence-electron chi connectivity index (χ4n) is 1.17. The lowest BCUT2D eigenvalue weighted by Crippen LogP contribution is -1.75. The lowest BCUT2D eigenvalue weighted by atomic mass is 10.1. The summed E-state index contributed by atoms with van der Waals surface area (Å²) in [6, 6.07) is 0. The molecule has 0 heteroatoms. The quantitative estimate of drug-likeness (QED) is 0.446. The van der Waals surface area contributed by atoms with Gasteiger partial charge in [-0.25, -0.2) is 0 Å². The fourth-order valence-corrected chi connectivity index (χ4v) is 1.17. The molecule has 86 valence electrons. The van der Waals surface area contributed by atoms with Gasteiger partial charge in [0.2, 0.25) is 0 Å². The topological polar surface area (TPSA) is 0 Å². The van der Waals surface area contributed by atoms with Crippen molar-refractivity contribution in [1.29, 1.82) is 0 Å². The van der Waals surface area contributed by atoms with Gasteiger partial charge in [-0.2, -0.15) is 0 Å². The van der Waals surface area contributed by atoms with Gasteiger partial charge in [0.15, 0.2) is 0 Å². The van der Waals surface area contributed by atoms with Gasteiger partial charge in [-0.1, -0.05) is 85.5 Å². The van der Waals surface area contributed by atoms with Crippen molar-refractivity contribution in [3.63, 3.8) is 0 Å². The lowest BCUT2D eigenvalue weighted by molar-refractivity contribution is 0.699. The Kier molecular flexibility index (Phi) is 22.0. The Hall–Kier alpha value is 0. The molecule has 14 heavy (non-hydrogen) atoms. The second-order valence-corrected chi connectivity index (χ2v) is 3.75. The van der Waals surface area contributed by atoms with Crippen LogP contribution in [0, 0.1) is 13.3 Å². The van der Waals surface area contributed by atoms with E-state index in [2.05, 4.69) is 34.1 Å². The zero-order chi connectivity index (χ0) is 11.1. The van der Waals surface area contributed by atoms with Gasteiger partial charge in [-0.3, -0.25) is 0 Å². The van der Waals surface area contributed by atoms with E-state index in [0.717, 1.165) is 6.42 Å². The Labute approximate surface area is 92.5 Å². The van der Waals surface area contributed by atoms with Crippen LogP contribution in [0.1, 0.15) is 78.6 Å². The van der Waals surface area contributed by atoms with Gasteiger partial charge >= 0.3 is 0 Å². The molecule has 0 aromatic carbocycles. The molecule has 0 saturated carbocycles. The first-order valence-electron chi connectivity index (χ1n) is 6.44. The van der Waals surface area contributed by atoms with Gasteiger partial charge < -0.3 is 0 Å². The molecule has 0 amide bonds. The minimum absolute atomic E-state index is 1.10. The normalized spacial score (nSPS) is 9.43. The summed E-state index contributed by atoms with van der Waals surface area (Å²) < 4.78 is 0. The molecule has 0 bridgehead atoms. The average Bonchev–Trinajstić information content (AvgIpc) is 2.22. The number of unbranched alkanes of at least 4 members (excludes halogenated alkanes) is 8. The molecule has 0 aliphatic carbocycles. The maximum atomic E-state index is 3.72. The largest absolute Gasteiger partial charge is 0.0654 e. The van der Waals surface area contributed by atoms with Crippen LogP contribution < -0.4 is 0 Å². The van der Waals surface area contributed by atoms with E-state index in [1.807, 2.05) is 0 Å². The zero-order valence-corrected chi connectivity index (χ0v) is 10.6. The Morgan fingerprint density at radius 3 is 1.79 bits per heavy atom. The molecule has 0 aromatic heterocycles. The molecule has 0 saturated heterocycles. The minimum atomic E-state index is 1.10. The molecule has 0 atom stereocenters. The fraction of sp³-hybridized carbons (Fsp3) is 0.857. The monoisotopic (exact) mass is 198 g/mol. The van der Waals surface area contributed by atoms with E-state index in [9.17, 15) is 0 Å². The smallest absolute Gasteiger partial charge is 0.0389 e. The summed E-state index contributed by atoms with van der Waals surface area (Å²) in [7, 11) is 0. The highest BCUT2D eigenvalue weighted by Gasteiger charge is 1.83. The molecule has 0 nitrogen and oxygen atoms in total. The van der Waals surface area contributed by atoms with Crippen LogP contribution in [0.15, 0.2) is 0 Å². The van der Waals surface area contributed by atoms with Gasteiger partial charge in [0.25, 0.3) is 0 Å². The van der Waals surface area contributed by atoms with E-state index in [4.69, 9.17) is 0 Å². The number of hydrogen-bond donors (Lipinski definition) is 0. The number of rotatable bonds is 8. The van der Waals surface area contributed by atoms with Gasteiger partial charge in [0, 0.05) is 0 Å². The van der Waals surface area contributed by atoms with E-state index >= 15 is 0 Å². The molecule has 0 unspecified atom stereocenters. The third-order valence-corrected chi connectivity index (χ3v) is 2.15. The minimum Gasteiger partial charge on any atom is -0.0654 e. The van der Waals surface area contributed by atoms with Crippen molar-refractivity contribution in [1.82, 2.24) is 0 Å². The second kappa shape index (κ2) is 18.7. The summed E-state index contributed by atoms with van der Waals surface area (Å²) in [5, 5.41) is 0. The summed E-state index contributed by atoms with van der Waals surface area (Å²) in [5.74, 6) is 0. The van der Waals surface area contributed by atoms with Crippen molar-refractivity contribution in [3.8, 4) is 0 Å². The van der Waals surface area contributed by atoms with Crippen molar-refractivity contribution < 1.29 is 0 Å². The maximum Gasteiger partial charge on any atom is -0.0389 e. The van der Waals surface area contributed by atoms with Gasteiger partial charge in [0.1, 0.15) is 0 Å². The van der Waals surface area contributed by atoms with Crippen molar-refractivity contribution in [2.75, 3.05) is 0 Å². The zero-order valence-electron chi connectivity index (χ0n) is 10.6. The molecule has 0 aliphatic heterocycles. The lowest BCUT2D eigenvalue weighted by Gasteiger charge is -1.93. The first-order chi connectivity index (χ1) is 6.83. The highest BCUT2D eigenvalue weighted by atomic mass is 13.9. The molecular formula is C14H30. The first-order valence-corrected chi connectivity index (χ1v) is 6.44. The Bertz CT molecular complexity index is 56.4. The van der Waals surface area contributed by atoms with E-state index < -0.39 is 0 Å². The van der Waals surface area contributed by atoms with Crippen LogP contribution in [-0.2, 0) is 0 Å². The highest BCUT2D eigenvalue weighted by Crippen LogP contribution is 2.02. The van der Waals surface area contributed by atoms with Gasteiger partial charge in [-0.15, -0.1) is 0 Å². The molecule has 0 heterocycles. The summed E-state index contributed by atoms with van der Waals surface area (Å²) in [4.78, 5) is 0. The molecule has 0 aliphatic rings. The van der Waals surface area contributed by atoms with E-state index in [0.29, 0.717) is 0 Å². The van der Waals surface area contributed by atoms with Crippen molar-refractivity contribution in [3.05, 3.63) is 13.3 Å². The Morgan fingerprint density at radius 2 is 1.43 bits per heavy atom. The van der Waals surface area contributed by atoms with Crippen LogP contribution >= 0.6 is 0 Å². The van der Waals surface area contributed by atoms with E-state index in [1.54, 1.807) is 0 Å². The van der Waals surface area contributed by atoms with Gasteiger partial charge in [0.05, 0.1) is 0 Å². The van der Waals surface area contributed by atoms with Crippen LogP contribution in [0.25, 0.3) is 0 Å². The van der Waals surface area contributed by atoms with Crippen LogP contribution in [0.5, 0.6) is 0 Å². The van der Waals surface area contributed by atoms with E-state index in [-0.39, 0.29) is 0 Å². The van der Waals surface area contributed by atoms with Crippen molar-refractivity contribution in [2.45, 2.75) is 78.6 Å². The molecule has 2 radical (unpaired) electrons.